The number of aryl methyl sites for hydroxylation is 1. The summed E-state index contributed by atoms with van der Waals surface area (Å²) in [6, 6.07) is 16.6. The number of benzene rings is 2. The fraction of sp³-hybridized carbons (Fsp3) is 0.292. The number of carbonyl (C=O) groups excluding carboxylic acids is 1. The molecule has 1 atom stereocenters. The number of rotatable bonds is 7. The summed E-state index contributed by atoms with van der Waals surface area (Å²) < 4.78 is 5.42. The minimum absolute atomic E-state index is 0.169. The van der Waals surface area contributed by atoms with Crippen molar-refractivity contribution in [1.29, 1.82) is 0 Å². The van der Waals surface area contributed by atoms with E-state index in [1.165, 1.54) is 11.3 Å². The van der Waals surface area contributed by atoms with E-state index in [1.54, 1.807) is 6.20 Å². The maximum atomic E-state index is 11.9. The van der Waals surface area contributed by atoms with Crippen LogP contribution in [0.5, 0.6) is 0 Å². The topological polar surface area (TPSA) is 91.7 Å². The maximum Gasteiger partial charge on any atom is 0.252 e. The van der Waals surface area contributed by atoms with Crippen LogP contribution in [0, 0.1) is 6.92 Å². The van der Waals surface area contributed by atoms with E-state index in [4.69, 9.17) is 10.5 Å². The molecule has 1 amide bonds. The van der Waals surface area contributed by atoms with Gasteiger partial charge in [-0.2, -0.15) is 0 Å². The minimum atomic E-state index is -0.469. The van der Waals surface area contributed by atoms with Crippen molar-refractivity contribution in [2.24, 2.45) is 5.73 Å². The zero-order chi connectivity index (χ0) is 21.6. The summed E-state index contributed by atoms with van der Waals surface area (Å²) in [6.07, 6.45) is 3.45. The molecule has 2 aromatic carbocycles. The standard InChI is InChI=1S/C24H29N5O2/c1-17-2-4-18(5-3-17)15-26-22-14-23(27-16-21(22)24(25)30)28-19-6-8-20(9-7-19)29-10-12-31-13-11-29/h2-9,14,16,23,26-28H,10-13,15H2,1H3,(H2,25,30). The largest absolute Gasteiger partial charge is 0.380 e. The van der Waals surface area contributed by atoms with Crippen LogP contribution in [0.4, 0.5) is 11.4 Å². The van der Waals surface area contributed by atoms with Gasteiger partial charge in [0.15, 0.2) is 0 Å². The number of nitrogens with one attached hydrogen (secondary N) is 3. The van der Waals surface area contributed by atoms with E-state index in [-0.39, 0.29) is 6.17 Å². The number of carbonyl (C=O) groups is 1. The van der Waals surface area contributed by atoms with Crippen LogP contribution < -0.4 is 26.6 Å². The molecule has 0 spiro atoms. The fourth-order valence-electron chi connectivity index (χ4n) is 3.67. The molecule has 0 radical (unpaired) electrons. The summed E-state index contributed by atoms with van der Waals surface area (Å²) in [4.78, 5) is 14.2. The van der Waals surface area contributed by atoms with Gasteiger partial charge in [-0.15, -0.1) is 0 Å². The lowest BCUT2D eigenvalue weighted by Crippen LogP contribution is -2.38. The smallest absolute Gasteiger partial charge is 0.252 e. The third kappa shape index (κ3) is 5.38. The molecule has 0 aromatic heterocycles. The normalized spacial score (nSPS) is 18.5. The Bertz CT molecular complexity index is 960. The van der Waals surface area contributed by atoms with Crippen molar-refractivity contribution < 1.29 is 9.53 Å². The van der Waals surface area contributed by atoms with Gasteiger partial charge in [0.05, 0.1) is 18.8 Å². The maximum absolute atomic E-state index is 11.9. The van der Waals surface area contributed by atoms with Gasteiger partial charge in [-0.05, 0) is 42.8 Å². The van der Waals surface area contributed by atoms with Crippen molar-refractivity contribution in [1.82, 2.24) is 10.6 Å². The summed E-state index contributed by atoms with van der Waals surface area (Å²) in [6.45, 7) is 6.03. The van der Waals surface area contributed by atoms with Crippen LogP contribution in [-0.2, 0) is 16.1 Å². The fourth-order valence-corrected chi connectivity index (χ4v) is 3.67. The second kappa shape index (κ2) is 9.57. The lowest BCUT2D eigenvalue weighted by Gasteiger charge is -2.29. The number of dihydropyridines is 1. The van der Waals surface area contributed by atoms with E-state index in [9.17, 15) is 4.79 Å². The van der Waals surface area contributed by atoms with Gasteiger partial charge < -0.3 is 31.3 Å². The summed E-state index contributed by atoms with van der Waals surface area (Å²) in [5.41, 5.74) is 11.3. The number of hydrogen-bond acceptors (Lipinski definition) is 6. The molecule has 1 fully saturated rings. The van der Waals surface area contributed by atoms with E-state index in [1.807, 2.05) is 6.08 Å². The van der Waals surface area contributed by atoms with Gasteiger partial charge in [-0.3, -0.25) is 4.79 Å². The Hall–Kier alpha value is -3.45. The third-order valence-electron chi connectivity index (χ3n) is 5.47. The van der Waals surface area contributed by atoms with Gasteiger partial charge in [-0.25, -0.2) is 0 Å². The third-order valence-corrected chi connectivity index (χ3v) is 5.47. The molecule has 1 unspecified atom stereocenters. The van der Waals surface area contributed by atoms with Crippen molar-refractivity contribution in [2.75, 3.05) is 36.5 Å². The zero-order valence-electron chi connectivity index (χ0n) is 17.7. The summed E-state index contributed by atoms with van der Waals surface area (Å²) in [5, 5.41) is 9.98. The first-order chi connectivity index (χ1) is 15.1. The zero-order valence-corrected chi connectivity index (χ0v) is 17.7. The molecule has 162 valence electrons. The Morgan fingerprint density at radius 2 is 1.84 bits per heavy atom. The predicted octanol–water partition coefficient (Wildman–Crippen LogP) is 2.22. The number of primary amides is 1. The molecule has 2 aliphatic rings. The number of amides is 1. The Morgan fingerprint density at radius 3 is 2.52 bits per heavy atom. The van der Waals surface area contributed by atoms with Crippen molar-refractivity contribution in [3.05, 3.63) is 83.2 Å². The Morgan fingerprint density at radius 1 is 1.13 bits per heavy atom. The molecule has 5 N–H and O–H groups in total. The van der Waals surface area contributed by atoms with E-state index in [2.05, 4.69) is 76.3 Å². The molecule has 2 aliphatic heterocycles. The van der Waals surface area contributed by atoms with Crippen LogP contribution in [0.15, 0.2) is 72.1 Å². The van der Waals surface area contributed by atoms with Crippen LogP contribution in [0.25, 0.3) is 0 Å². The SMILES string of the molecule is Cc1ccc(CNC2=CC(Nc3ccc(N4CCOCC4)cc3)NC=C2C(N)=O)cc1. The molecular formula is C24H29N5O2. The predicted molar refractivity (Wildman–Crippen MR) is 123 cm³/mol. The molecule has 2 aromatic rings. The van der Waals surface area contributed by atoms with Gasteiger partial charge in [0, 0.05) is 42.9 Å². The number of anilines is 2. The number of hydrogen-bond donors (Lipinski definition) is 4. The number of ether oxygens (including phenoxy) is 1. The number of morpholine rings is 1. The second-order valence-corrected chi connectivity index (χ2v) is 7.78. The summed E-state index contributed by atoms with van der Waals surface area (Å²) >= 11 is 0. The van der Waals surface area contributed by atoms with Crippen molar-refractivity contribution in [3.8, 4) is 0 Å². The first-order valence-corrected chi connectivity index (χ1v) is 10.6. The van der Waals surface area contributed by atoms with Gasteiger partial charge >= 0.3 is 0 Å². The summed E-state index contributed by atoms with van der Waals surface area (Å²) in [5.74, 6) is -0.469. The Balaban J connectivity index is 1.41. The Kier molecular flexibility index (Phi) is 6.43. The molecule has 0 saturated carbocycles. The second-order valence-electron chi connectivity index (χ2n) is 7.78. The molecule has 4 rings (SSSR count). The lowest BCUT2D eigenvalue weighted by molar-refractivity contribution is -0.114. The minimum Gasteiger partial charge on any atom is -0.380 e. The van der Waals surface area contributed by atoms with Crippen LogP contribution in [-0.4, -0.2) is 38.4 Å². The molecule has 1 saturated heterocycles. The van der Waals surface area contributed by atoms with E-state index < -0.39 is 5.91 Å². The highest BCUT2D eigenvalue weighted by Crippen LogP contribution is 2.21. The highest BCUT2D eigenvalue weighted by molar-refractivity contribution is 5.96. The number of nitrogens with zero attached hydrogens (tertiary/aromatic N) is 1. The van der Waals surface area contributed by atoms with Gasteiger partial charge in [0.25, 0.3) is 5.91 Å². The monoisotopic (exact) mass is 419 g/mol. The van der Waals surface area contributed by atoms with Gasteiger partial charge in [0.1, 0.15) is 6.17 Å². The van der Waals surface area contributed by atoms with E-state index in [0.29, 0.717) is 17.8 Å². The molecule has 2 heterocycles. The average Bonchev–Trinajstić information content (AvgIpc) is 2.80. The van der Waals surface area contributed by atoms with Crippen molar-refractivity contribution in [3.63, 3.8) is 0 Å². The van der Waals surface area contributed by atoms with Crippen molar-refractivity contribution in [2.45, 2.75) is 19.6 Å². The first kappa shape index (κ1) is 20.8. The van der Waals surface area contributed by atoms with Gasteiger partial charge in [-0.1, -0.05) is 29.8 Å². The highest BCUT2D eigenvalue weighted by atomic mass is 16.5. The Labute approximate surface area is 183 Å². The molecule has 31 heavy (non-hydrogen) atoms. The molecule has 0 bridgehead atoms. The summed E-state index contributed by atoms with van der Waals surface area (Å²) in [7, 11) is 0. The van der Waals surface area contributed by atoms with Crippen molar-refractivity contribution >= 4 is 17.3 Å². The van der Waals surface area contributed by atoms with Gasteiger partial charge in [0.2, 0.25) is 0 Å². The molecule has 0 aliphatic carbocycles. The average molecular weight is 420 g/mol. The first-order valence-electron chi connectivity index (χ1n) is 10.6. The molecule has 7 nitrogen and oxygen atoms in total. The molecule has 7 heteroatoms. The molecular weight excluding hydrogens is 390 g/mol. The van der Waals surface area contributed by atoms with Crippen LogP contribution >= 0.6 is 0 Å². The number of nitrogens with two attached hydrogens (primary N) is 1. The highest BCUT2D eigenvalue weighted by Gasteiger charge is 2.19. The quantitative estimate of drug-likeness (QED) is 0.550. The van der Waals surface area contributed by atoms with E-state index >= 15 is 0 Å². The van der Waals surface area contributed by atoms with Crippen LogP contribution in [0.3, 0.4) is 0 Å². The van der Waals surface area contributed by atoms with E-state index in [0.717, 1.165) is 37.6 Å². The lowest BCUT2D eigenvalue weighted by atomic mass is 10.1. The van der Waals surface area contributed by atoms with Crippen LogP contribution in [0.2, 0.25) is 0 Å². The van der Waals surface area contributed by atoms with Crippen LogP contribution in [0.1, 0.15) is 11.1 Å².